The number of halogens is 1. The summed E-state index contributed by atoms with van der Waals surface area (Å²) in [7, 11) is 4.23. The summed E-state index contributed by atoms with van der Waals surface area (Å²) in [5.41, 5.74) is 5.97. The van der Waals surface area contributed by atoms with Crippen molar-refractivity contribution in [2.75, 3.05) is 46.9 Å². The van der Waals surface area contributed by atoms with E-state index < -0.39 is 0 Å². The standard InChI is InChI=1S/C18H37N5O2.HI/c1-4-25-18(24)23-14-10-16(11-15-23)21-17(19)20-12-8-6-5-7-9-13-22(2)3;/h16H,4-15H2,1-3H3,(H3,19,20,21);1H. The average molecular weight is 483 g/mol. The summed E-state index contributed by atoms with van der Waals surface area (Å²) in [5.74, 6) is 0.530. The number of amides is 1. The van der Waals surface area contributed by atoms with Crippen molar-refractivity contribution < 1.29 is 9.53 Å². The van der Waals surface area contributed by atoms with Gasteiger partial charge in [0, 0.05) is 25.7 Å². The minimum absolute atomic E-state index is 0. The topological polar surface area (TPSA) is 83.2 Å². The van der Waals surface area contributed by atoms with Gasteiger partial charge in [-0.1, -0.05) is 19.3 Å². The lowest BCUT2D eigenvalue weighted by molar-refractivity contribution is 0.0963. The molecule has 1 aliphatic heterocycles. The van der Waals surface area contributed by atoms with E-state index in [0.29, 0.717) is 31.7 Å². The third kappa shape index (κ3) is 11.8. The number of carbonyl (C=O) groups is 1. The Morgan fingerprint density at radius 1 is 1.19 bits per heavy atom. The molecule has 0 aromatic heterocycles. The highest BCUT2D eigenvalue weighted by Gasteiger charge is 2.23. The van der Waals surface area contributed by atoms with Gasteiger partial charge in [-0.15, -0.1) is 24.0 Å². The molecule has 1 rings (SSSR count). The molecule has 1 amide bonds. The van der Waals surface area contributed by atoms with Crippen LogP contribution in [0, 0.1) is 0 Å². The first-order chi connectivity index (χ1) is 12.0. The van der Waals surface area contributed by atoms with Crippen LogP contribution in [0.3, 0.4) is 0 Å². The highest BCUT2D eigenvalue weighted by Crippen LogP contribution is 2.11. The van der Waals surface area contributed by atoms with Crippen molar-refractivity contribution in [2.24, 2.45) is 10.7 Å². The Morgan fingerprint density at radius 2 is 1.81 bits per heavy atom. The molecule has 0 saturated carbocycles. The van der Waals surface area contributed by atoms with E-state index in [0.717, 1.165) is 25.8 Å². The lowest BCUT2D eigenvalue weighted by Crippen LogP contribution is -2.48. The second kappa shape index (κ2) is 15.3. The van der Waals surface area contributed by atoms with Crippen molar-refractivity contribution in [1.82, 2.24) is 15.1 Å². The van der Waals surface area contributed by atoms with Crippen LogP contribution >= 0.6 is 24.0 Å². The van der Waals surface area contributed by atoms with Gasteiger partial charge in [0.15, 0.2) is 5.96 Å². The van der Waals surface area contributed by atoms with Crippen LogP contribution in [-0.4, -0.2) is 74.8 Å². The molecule has 7 nitrogen and oxygen atoms in total. The Kier molecular flexibility index (Phi) is 14.9. The monoisotopic (exact) mass is 483 g/mol. The number of nitrogens with zero attached hydrogens (tertiary/aromatic N) is 3. The largest absolute Gasteiger partial charge is 0.450 e. The number of nitrogens with one attached hydrogen (secondary N) is 1. The molecular weight excluding hydrogens is 445 g/mol. The van der Waals surface area contributed by atoms with Gasteiger partial charge < -0.3 is 25.6 Å². The fourth-order valence-electron chi connectivity index (χ4n) is 2.95. The van der Waals surface area contributed by atoms with Crippen LogP contribution in [-0.2, 0) is 4.74 Å². The van der Waals surface area contributed by atoms with Crippen LogP contribution in [0.5, 0.6) is 0 Å². The highest BCUT2D eigenvalue weighted by atomic mass is 127. The van der Waals surface area contributed by atoms with Gasteiger partial charge in [-0.2, -0.15) is 0 Å². The lowest BCUT2D eigenvalue weighted by atomic mass is 10.1. The van der Waals surface area contributed by atoms with E-state index in [1.54, 1.807) is 4.90 Å². The van der Waals surface area contributed by atoms with Gasteiger partial charge in [0.05, 0.1) is 6.61 Å². The number of aliphatic imine (C=N–C) groups is 1. The van der Waals surface area contributed by atoms with Crippen molar-refractivity contribution in [1.29, 1.82) is 0 Å². The zero-order chi connectivity index (χ0) is 18.5. The van der Waals surface area contributed by atoms with E-state index in [-0.39, 0.29) is 30.1 Å². The number of ether oxygens (including phenoxy) is 1. The number of rotatable bonds is 10. The van der Waals surface area contributed by atoms with Crippen molar-refractivity contribution in [3.8, 4) is 0 Å². The van der Waals surface area contributed by atoms with Crippen LogP contribution in [0.15, 0.2) is 4.99 Å². The number of hydrogen-bond donors (Lipinski definition) is 2. The number of guanidine groups is 1. The molecule has 1 heterocycles. The summed E-state index contributed by atoms with van der Waals surface area (Å²) in [6.07, 6.45) is 7.66. The van der Waals surface area contributed by atoms with Gasteiger partial charge in [-0.25, -0.2) is 4.79 Å². The number of nitrogens with two attached hydrogens (primary N) is 1. The summed E-state index contributed by atoms with van der Waals surface area (Å²) in [6, 6.07) is 0.292. The smallest absolute Gasteiger partial charge is 0.409 e. The maximum absolute atomic E-state index is 11.7. The van der Waals surface area contributed by atoms with Gasteiger partial charge in [-0.05, 0) is 53.2 Å². The lowest BCUT2D eigenvalue weighted by Gasteiger charge is -2.31. The van der Waals surface area contributed by atoms with Gasteiger partial charge in [0.2, 0.25) is 0 Å². The van der Waals surface area contributed by atoms with Crippen LogP contribution < -0.4 is 11.1 Å². The number of unbranched alkanes of at least 4 members (excludes halogenated alkanes) is 4. The van der Waals surface area contributed by atoms with E-state index >= 15 is 0 Å². The summed E-state index contributed by atoms with van der Waals surface area (Å²) in [6.45, 7) is 5.62. The van der Waals surface area contributed by atoms with E-state index in [9.17, 15) is 4.79 Å². The zero-order valence-corrected chi connectivity index (χ0v) is 19.0. The van der Waals surface area contributed by atoms with Crippen molar-refractivity contribution in [2.45, 2.75) is 57.9 Å². The highest BCUT2D eigenvalue weighted by molar-refractivity contribution is 14.0. The molecule has 0 aromatic carbocycles. The summed E-state index contributed by atoms with van der Waals surface area (Å²) >= 11 is 0. The number of carbonyl (C=O) groups excluding carboxylic acids is 1. The van der Waals surface area contributed by atoms with Gasteiger partial charge in [0.25, 0.3) is 0 Å². The molecule has 0 aromatic rings. The van der Waals surface area contributed by atoms with Crippen LogP contribution in [0.2, 0.25) is 0 Å². The molecule has 0 radical (unpaired) electrons. The first-order valence-electron chi connectivity index (χ1n) is 9.65. The third-order valence-electron chi connectivity index (χ3n) is 4.42. The fraction of sp³-hybridized carbons (Fsp3) is 0.889. The second-order valence-electron chi connectivity index (χ2n) is 6.94. The number of piperidine rings is 1. The molecule has 0 bridgehead atoms. The molecule has 0 aliphatic carbocycles. The van der Waals surface area contributed by atoms with Crippen LogP contribution in [0.25, 0.3) is 0 Å². The molecular formula is C18H38IN5O2. The summed E-state index contributed by atoms with van der Waals surface area (Å²) in [5, 5.41) is 3.28. The predicted molar refractivity (Wildman–Crippen MR) is 118 cm³/mol. The van der Waals surface area contributed by atoms with Gasteiger partial charge >= 0.3 is 6.09 Å². The molecule has 0 spiro atoms. The molecule has 0 unspecified atom stereocenters. The Hall–Kier alpha value is -0.770. The molecule has 154 valence electrons. The molecule has 8 heteroatoms. The zero-order valence-electron chi connectivity index (χ0n) is 16.7. The summed E-state index contributed by atoms with van der Waals surface area (Å²) < 4.78 is 5.03. The third-order valence-corrected chi connectivity index (χ3v) is 4.42. The van der Waals surface area contributed by atoms with Gasteiger partial charge in [0.1, 0.15) is 0 Å². The van der Waals surface area contributed by atoms with Crippen LogP contribution in [0.4, 0.5) is 4.79 Å². The van der Waals surface area contributed by atoms with E-state index in [4.69, 9.17) is 10.5 Å². The Labute approximate surface area is 176 Å². The fourth-order valence-corrected chi connectivity index (χ4v) is 2.95. The summed E-state index contributed by atoms with van der Waals surface area (Å²) in [4.78, 5) is 20.1. The SMILES string of the molecule is CCOC(=O)N1CCC(NC(N)=NCCCCCCCN(C)C)CC1.I. The maximum atomic E-state index is 11.7. The molecule has 1 fully saturated rings. The molecule has 1 aliphatic rings. The normalized spacial score (nSPS) is 15.7. The van der Waals surface area contributed by atoms with E-state index in [1.807, 2.05) is 6.92 Å². The Balaban J connectivity index is 0.00000625. The Bertz CT molecular complexity index is 399. The average Bonchev–Trinajstić information content (AvgIpc) is 2.58. The maximum Gasteiger partial charge on any atom is 0.409 e. The van der Waals surface area contributed by atoms with Crippen molar-refractivity contribution in [3.63, 3.8) is 0 Å². The van der Waals surface area contributed by atoms with Crippen molar-refractivity contribution in [3.05, 3.63) is 0 Å². The van der Waals surface area contributed by atoms with E-state index in [2.05, 4.69) is 29.3 Å². The van der Waals surface area contributed by atoms with Crippen molar-refractivity contribution >= 4 is 36.0 Å². The minimum Gasteiger partial charge on any atom is -0.450 e. The predicted octanol–water partition coefficient (Wildman–Crippen LogP) is 2.64. The molecule has 1 saturated heterocycles. The molecule has 0 atom stereocenters. The number of likely N-dealkylation sites (tertiary alicyclic amines) is 1. The molecule has 26 heavy (non-hydrogen) atoms. The van der Waals surface area contributed by atoms with E-state index in [1.165, 1.54) is 32.2 Å². The number of hydrogen-bond acceptors (Lipinski definition) is 4. The second-order valence-corrected chi connectivity index (χ2v) is 6.94. The quantitative estimate of drug-likeness (QED) is 0.216. The molecule has 3 N–H and O–H groups in total. The first-order valence-corrected chi connectivity index (χ1v) is 9.65. The first kappa shape index (κ1) is 25.2. The minimum atomic E-state index is -0.215. The Morgan fingerprint density at radius 3 is 2.42 bits per heavy atom. The van der Waals surface area contributed by atoms with Gasteiger partial charge in [-0.3, -0.25) is 4.99 Å². The van der Waals surface area contributed by atoms with Crippen LogP contribution in [0.1, 0.15) is 51.9 Å².